The van der Waals surface area contributed by atoms with E-state index >= 15 is 0 Å². The summed E-state index contributed by atoms with van der Waals surface area (Å²) in [5.74, 6) is -0.565. The quantitative estimate of drug-likeness (QED) is 0.785. The predicted octanol–water partition coefficient (Wildman–Crippen LogP) is 0.219. The van der Waals surface area contributed by atoms with Gasteiger partial charge in [0.25, 0.3) is 5.91 Å². The predicted molar refractivity (Wildman–Crippen MR) is 68.3 cm³/mol. The van der Waals surface area contributed by atoms with Crippen LogP contribution in [0.2, 0.25) is 0 Å². The van der Waals surface area contributed by atoms with Crippen molar-refractivity contribution in [3.63, 3.8) is 0 Å². The molecule has 1 fully saturated rings. The summed E-state index contributed by atoms with van der Waals surface area (Å²) in [4.78, 5) is 25.3. The van der Waals surface area contributed by atoms with Crippen molar-refractivity contribution in [2.24, 2.45) is 5.73 Å². The summed E-state index contributed by atoms with van der Waals surface area (Å²) in [5.41, 5.74) is 6.09. The molecule has 96 valence electrons. The Morgan fingerprint density at radius 1 is 1.39 bits per heavy atom. The summed E-state index contributed by atoms with van der Waals surface area (Å²) in [6.07, 6.45) is 0. The number of nitrogens with one attached hydrogen (secondary N) is 1. The van der Waals surface area contributed by atoms with Gasteiger partial charge in [0.15, 0.2) is 0 Å². The lowest BCUT2D eigenvalue weighted by Crippen LogP contribution is -2.52. The van der Waals surface area contributed by atoms with Crippen molar-refractivity contribution >= 4 is 11.8 Å². The number of carbonyl (C=O) groups excluding carboxylic acids is 2. The Balaban J connectivity index is 2.22. The first-order chi connectivity index (χ1) is 8.59. The Labute approximate surface area is 106 Å². The number of rotatable bonds is 2. The number of nitrogens with two attached hydrogens (primary N) is 1. The van der Waals surface area contributed by atoms with E-state index in [1.54, 1.807) is 24.3 Å². The molecule has 0 bridgehead atoms. The molecule has 0 saturated carbocycles. The molecule has 3 N–H and O–H groups in total. The molecule has 1 atom stereocenters. The monoisotopic (exact) mass is 247 g/mol. The fourth-order valence-corrected chi connectivity index (χ4v) is 2.11. The molecule has 0 aliphatic carbocycles. The van der Waals surface area contributed by atoms with E-state index in [0.717, 1.165) is 13.1 Å². The average Bonchev–Trinajstić information content (AvgIpc) is 2.38. The Hall–Kier alpha value is -1.88. The van der Waals surface area contributed by atoms with Gasteiger partial charge in [0, 0.05) is 36.8 Å². The van der Waals surface area contributed by atoms with Gasteiger partial charge >= 0.3 is 0 Å². The lowest BCUT2D eigenvalue weighted by Gasteiger charge is -2.34. The number of primary amides is 1. The van der Waals surface area contributed by atoms with Gasteiger partial charge in [-0.15, -0.1) is 0 Å². The van der Waals surface area contributed by atoms with Crippen molar-refractivity contribution in [3.8, 4) is 0 Å². The number of piperazine rings is 1. The molecular formula is C13H17N3O2. The lowest BCUT2D eigenvalue weighted by molar-refractivity contribution is 0.0656. The maximum Gasteiger partial charge on any atom is 0.254 e. The van der Waals surface area contributed by atoms with E-state index < -0.39 is 5.91 Å². The lowest BCUT2D eigenvalue weighted by atomic mass is 10.1. The molecule has 0 unspecified atom stereocenters. The van der Waals surface area contributed by atoms with Crippen LogP contribution in [0.25, 0.3) is 0 Å². The molecule has 18 heavy (non-hydrogen) atoms. The van der Waals surface area contributed by atoms with Gasteiger partial charge in [-0.25, -0.2) is 0 Å². The zero-order valence-electron chi connectivity index (χ0n) is 10.3. The molecule has 0 spiro atoms. The smallest absolute Gasteiger partial charge is 0.254 e. The Morgan fingerprint density at radius 2 is 2.11 bits per heavy atom. The summed E-state index contributed by atoms with van der Waals surface area (Å²) >= 11 is 0. The van der Waals surface area contributed by atoms with Gasteiger partial charge in [-0.05, 0) is 25.1 Å². The van der Waals surface area contributed by atoms with Crippen LogP contribution < -0.4 is 11.1 Å². The fraction of sp³-hybridized carbons (Fsp3) is 0.385. The standard InChI is InChI=1S/C13H17N3O2/c1-9-8-15-5-6-16(9)13(18)11-4-2-3-10(7-11)12(14)17/h2-4,7,9,15H,5-6,8H2,1H3,(H2,14,17)/t9-/m1/s1. The first kappa shape index (κ1) is 12.6. The second kappa shape index (κ2) is 5.18. The van der Waals surface area contributed by atoms with E-state index in [0.29, 0.717) is 17.7 Å². The SMILES string of the molecule is C[C@@H]1CNCCN1C(=O)c1cccc(C(N)=O)c1. The molecule has 5 nitrogen and oxygen atoms in total. The van der Waals surface area contributed by atoms with Crippen LogP contribution in [0, 0.1) is 0 Å². The van der Waals surface area contributed by atoms with Crippen molar-refractivity contribution in [2.45, 2.75) is 13.0 Å². The van der Waals surface area contributed by atoms with Crippen LogP contribution >= 0.6 is 0 Å². The maximum absolute atomic E-state index is 12.3. The highest BCUT2D eigenvalue weighted by atomic mass is 16.2. The summed E-state index contributed by atoms with van der Waals surface area (Å²) in [6, 6.07) is 6.71. The minimum Gasteiger partial charge on any atom is -0.366 e. The summed E-state index contributed by atoms with van der Waals surface area (Å²) < 4.78 is 0. The van der Waals surface area contributed by atoms with Crippen LogP contribution in [0.3, 0.4) is 0 Å². The molecule has 1 saturated heterocycles. The van der Waals surface area contributed by atoms with Crippen LogP contribution in [-0.4, -0.2) is 42.4 Å². The van der Waals surface area contributed by atoms with E-state index in [-0.39, 0.29) is 11.9 Å². The van der Waals surface area contributed by atoms with Crippen LogP contribution in [0.1, 0.15) is 27.6 Å². The van der Waals surface area contributed by atoms with E-state index in [2.05, 4.69) is 5.32 Å². The van der Waals surface area contributed by atoms with Gasteiger partial charge in [0.1, 0.15) is 0 Å². The van der Waals surface area contributed by atoms with Gasteiger partial charge in [-0.2, -0.15) is 0 Å². The van der Waals surface area contributed by atoms with E-state index in [4.69, 9.17) is 5.73 Å². The summed E-state index contributed by atoms with van der Waals surface area (Å²) in [6.45, 7) is 4.27. The zero-order chi connectivity index (χ0) is 13.1. The molecule has 0 radical (unpaired) electrons. The van der Waals surface area contributed by atoms with E-state index in [1.165, 1.54) is 0 Å². The molecule has 1 aromatic carbocycles. The maximum atomic E-state index is 12.3. The number of amides is 2. The number of hydrogen-bond acceptors (Lipinski definition) is 3. The number of carbonyl (C=O) groups is 2. The molecule has 1 aliphatic heterocycles. The van der Waals surface area contributed by atoms with Crippen molar-refractivity contribution in [1.29, 1.82) is 0 Å². The number of benzene rings is 1. The Bertz CT molecular complexity index is 473. The number of nitrogens with zero attached hydrogens (tertiary/aromatic N) is 1. The third kappa shape index (κ3) is 2.51. The molecule has 5 heteroatoms. The van der Waals surface area contributed by atoms with Crippen molar-refractivity contribution in [1.82, 2.24) is 10.2 Å². The van der Waals surface area contributed by atoms with Crippen molar-refractivity contribution in [2.75, 3.05) is 19.6 Å². The first-order valence-corrected chi connectivity index (χ1v) is 6.01. The molecule has 2 rings (SSSR count). The summed E-state index contributed by atoms with van der Waals surface area (Å²) in [5, 5.41) is 3.23. The largest absolute Gasteiger partial charge is 0.366 e. The minimum atomic E-state index is -0.516. The van der Waals surface area contributed by atoms with Crippen LogP contribution in [0.4, 0.5) is 0 Å². The average molecular weight is 247 g/mol. The van der Waals surface area contributed by atoms with Gasteiger partial charge < -0.3 is 16.0 Å². The molecule has 1 aliphatic rings. The summed E-state index contributed by atoms with van der Waals surface area (Å²) in [7, 11) is 0. The van der Waals surface area contributed by atoms with E-state index in [9.17, 15) is 9.59 Å². The second-order valence-corrected chi connectivity index (χ2v) is 4.50. The third-order valence-corrected chi connectivity index (χ3v) is 3.16. The molecule has 2 amide bonds. The first-order valence-electron chi connectivity index (χ1n) is 6.01. The normalized spacial score (nSPS) is 19.6. The van der Waals surface area contributed by atoms with Crippen LogP contribution in [0.15, 0.2) is 24.3 Å². The number of hydrogen-bond donors (Lipinski definition) is 2. The molecule has 1 heterocycles. The topological polar surface area (TPSA) is 75.4 Å². The van der Waals surface area contributed by atoms with Gasteiger partial charge in [-0.3, -0.25) is 9.59 Å². The van der Waals surface area contributed by atoms with Crippen LogP contribution in [0.5, 0.6) is 0 Å². The van der Waals surface area contributed by atoms with E-state index in [1.807, 2.05) is 11.8 Å². The molecular weight excluding hydrogens is 230 g/mol. The highest BCUT2D eigenvalue weighted by Gasteiger charge is 2.24. The van der Waals surface area contributed by atoms with Gasteiger partial charge in [0.05, 0.1) is 0 Å². The highest BCUT2D eigenvalue weighted by molar-refractivity contribution is 5.99. The van der Waals surface area contributed by atoms with Gasteiger partial charge in [-0.1, -0.05) is 6.07 Å². The molecule has 0 aromatic heterocycles. The minimum absolute atomic E-state index is 0.0490. The van der Waals surface area contributed by atoms with Crippen LogP contribution in [-0.2, 0) is 0 Å². The van der Waals surface area contributed by atoms with Gasteiger partial charge in [0.2, 0.25) is 5.91 Å². The zero-order valence-corrected chi connectivity index (χ0v) is 10.3. The molecule has 1 aromatic rings. The highest BCUT2D eigenvalue weighted by Crippen LogP contribution is 2.12. The Morgan fingerprint density at radius 3 is 2.78 bits per heavy atom. The Kier molecular flexibility index (Phi) is 3.62. The van der Waals surface area contributed by atoms with Crippen molar-refractivity contribution in [3.05, 3.63) is 35.4 Å². The second-order valence-electron chi connectivity index (χ2n) is 4.50. The van der Waals surface area contributed by atoms with Crippen molar-refractivity contribution < 1.29 is 9.59 Å². The third-order valence-electron chi connectivity index (χ3n) is 3.16. The fourth-order valence-electron chi connectivity index (χ4n) is 2.11.